The molecular weight excluding hydrogens is 210 g/mol. The predicted octanol–water partition coefficient (Wildman–Crippen LogP) is 2.34. The summed E-state index contributed by atoms with van der Waals surface area (Å²) in [4.78, 5) is 2.15. The summed E-state index contributed by atoms with van der Waals surface area (Å²) in [5.74, 6) is 0. The van der Waals surface area contributed by atoms with Gasteiger partial charge < -0.3 is 10.2 Å². The van der Waals surface area contributed by atoms with E-state index in [2.05, 4.69) is 10.2 Å². The number of rotatable bonds is 2. The molecule has 1 N–H and O–H groups in total. The van der Waals surface area contributed by atoms with Crippen LogP contribution in [0.2, 0.25) is 0 Å². The van der Waals surface area contributed by atoms with E-state index in [1.54, 1.807) is 12.1 Å². The largest absolute Gasteiger partial charge is 0.369 e. The Morgan fingerprint density at radius 3 is 2.50 bits per heavy atom. The molecule has 0 radical (unpaired) electrons. The monoisotopic (exact) mass is 226 g/mol. The Morgan fingerprint density at radius 1 is 1.19 bits per heavy atom. The molecule has 0 amide bonds. The zero-order valence-electron chi connectivity index (χ0n) is 9.34. The van der Waals surface area contributed by atoms with Crippen LogP contribution in [0.25, 0.3) is 0 Å². The minimum absolute atomic E-state index is 0.119. The third-order valence-electron chi connectivity index (χ3n) is 2.82. The van der Waals surface area contributed by atoms with Crippen LogP contribution in [-0.2, 0) is 0 Å². The summed E-state index contributed by atoms with van der Waals surface area (Å²) in [6.45, 7) is 5.45. The number of benzene rings is 1. The Balaban J connectivity index is 2.25. The van der Waals surface area contributed by atoms with Gasteiger partial charge in [0.2, 0.25) is 0 Å². The van der Waals surface area contributed by atoms with Gasteiger partial charge in [-0.15, -0.1) is 0 Å². The van der Waals surface area contributed by atoms with Gasteiger partial charge in [-0.3, -0.25) is 0 Å². The van der Waals surface area contributed by atoms with Crippen LogP contribution in [0.15, 0.2) is 18.2 Å². The van der Waals surface area contributed by atoms with Gasteiger partial charge in [0, 0.05) is 37.4 Å². The summed E-state index contributed by atoms with van der Waals surface area (Å²) < 4.78 is 25.3. The number of alkyl halides is 2. The third kappa shape index (κ3) is 2.50. The lowest BCUT2D eigenvalue weighted by Gasteiger charge is -2.30. The van der Waals surface area contributed by atoms with Crippen molar-refractivity contribution >= 4 is 5.69 Å². The van der Waals surface area contributed by atoms with E-state index in [4.69, 9.17) is 0 Å². The van der Waals surface area contributed by atoms with Gasteiger partial charge in [-0.2, -0.15) is 0 Å². The normalized spacial score (nSPS) is 16.9. The molecule has 0 atom stereocenters. The number of anilines is 1. The van der Waals surface area contributed by atoms with Crippen LogP contribution < -0.4 is 10.2 Å². The fourth-order valence-corrected chi connectivity index (χ4v) is 2.02. The number of hydrogen-bond donors (Lipinski definition) is 1. The van der Waals surface area contributed by atoms with Gasteiger partial charge >= 0.3 is 0 Å². The maximum absolute atomic E-state index is 12.7. The number of hydrogen-bond acceptors (Lipinski definition) is 2. The van der Waals surface area contributed by atoms with Crippen LogP contribution in [0.1, 0.15) is 17.6 Å². The summed E-state index contributed by atoms with van der Waals surface area (Å²) in [6.07, 6.45) is -2.39. The van der Waals surface area contributed by atoms with Gasteiger partial charge in [0.05, 0.1) is 0 Å². The van der Waals surface area contributed by atoms with Crippen molar-refractivity contribution in [2.45, 2.75) is 13.3 Å². The van der Waals surface area contributed by atoms with Crippen LogP contribution >= 0.6 is 0 Å². The molecule has 2 nitrogen and oxygen atoms in total. The van der Waals surface area contributed by atoms with E-state index in [0.29, 0.717) is 0 Å². The van der Waals surface area contributed by atoms with Crippen molar-refractivity contribution in [2.75, 3.05) is 31.1 Å². The number of halogens is 2. The molecule has 1 fully saturated rings. The van der Waals surface area contributed by atoms with Crippen molar-refractivity contribution in [3.05, 3.63) is 29.3 Å². The van der Waals surface area contributed by atoms with E-state index in [0.717, 1.165) is 37.4 Å². The van der Waals surface area contributed by atoms with Gasteiger partial charge in [-0.25, -0.2) is 8.78 Å². The number of nitrogens with one attached hydrogen (secondary N) is 1. The Morgan fingerprint density at radius 2 is 1.88 bits per heavy atom. The van der Waals surface area contributed by atoms with Crippen molar-refractivity contribution in [1.29, 1.82) is 0 Å². The molecule has 0 aliphatic carbocycles. The van der Waals surface area contributed by atoms with Gasteiger partial charge in [0.15, 0.2) is 0 Å². The van der Waals surface area contributed by atoms with Crippen LogP contribution in [0.4, 0.5) is 14.5 Å². The fourth-order valence-electron chi connectivity index (χ4n) is 2.02. The highest BCUT2D eigenvalue weighted by Gasteiger charge is 2.14. The van der Waals surface area contributed by atoms with Gasteiger partial charge in [0.1, 0.15) is 0 Å². The lowest BCUT2D eigenvalue weighted by molar-refractivity contribution is 0.151. The molecule has 1 aliphatic rings. The summed E-state index contributed by atoms with van der Waals surface area (Å²) in [7, 11) is 0. The molecule has 1 aliphatic heterocycles. The van der Waals surface area contributed by atoms with E-state index in [1.165, 1.54) is 0 Å². The van der Waals surface area contributed by atoms with Crippen molar-refractivity contribution in [3.8, 4) is 0 Å². The average molecular weight is 226 g/mol. The Hall–Kier alpha value is -1.16. The van der Waals surface area contributed by atoms with Crippen molar-refractivity contribution in [1.82, 2.24) is 5.32 Å². The zero-order chi connectivity index (χ0) is 11.5. The molecule has 0 unspecified atom stereocenters. The Labute approximate surface area is 94.3 Å². The molecule has 1 heterocycles. The molecule has 1 aromatic rings. The Bertz CT molecular complexity index is 360. The number of aryl methyl sites for hydroxylation is 1. The molecule has 88 valence electrons. The maximum atomic E-state index is 12.7. The van der Waals surface area contributed by atoms with Gasteiger partial charge in [-0.1, -0.05) is 6.07 Å². The highest BCUT2D eigenvalue weighted by molar-refractivity contribution is 5.51. The molecule has 1 saturated heterocycles. The van der Waals surface area contributed by atoms with E-state index in [-0.39, 0.29) is 5.56 Å². The molecule has 16 heavy (non-hydrogen) atoms. The lowest BCUT2D eigenvalue weighted by atomic mass is 10.1. The van der Waals surface area contributed by atoms with Crippen molar-refractivity contribution < 1.29 is 8.78 Å². The van der Waals surface area contributed by atoms with E-state index in [1.807, 2.05) is 13.0 Å². The van der Waals surface area contributed by atoms with E-state index in [9.17, 15) is 8.78 Å². The first-order valence-corrected chi connectivity index (χ1v) is 5.52. The molecule has 4 heteroatoms. The second-order valence-electron chi connectivity index (χ2n) is 4.14. The molecule has 0 spiro atoms. The molecule has 0 aromatic heterocycles. The molecule has 2 rings (SSSR count). The SMILES string of the molecule is Cc1cc(C(F)F)cc(N2CCNCC2)c1. The number of piperazine rings is 1. The standard InChI is InChI=1S/C12H16F2N2/c1-9-6-10(12(13)14)8-11(7-9)16-4-2-15-3-5-16/h6-8,12,15H,2-5H2,1H3. The van der Waals surface area contributed by atoms with Crippen LogP contribution in [-0.4, -0.2) is 26.2 Å². The van der Waals surface area contributed by atoms with E-state index < -0.39 is 6.43 Å². The van der Waals surface area contributed by atoms with Crippen LogP contribution in [0.3, 0.4) is 0 Å². The molecule has 0 saturated carbocycles. The Kier molecular flexibility index (Phi) is 3.39. The summed E-state index contributed by atoms with van der Waals surface area (Å²) in [6, 6.07) is 5.12. The highest BCUT2D eigenvalue weighted by atomic mass is 19.3. The first-order valence-electron chi connectivity index (χ1n) is 5.52. The second-order valence-corrected chi connectivity index (χ2v) is 4.14. The van der Waals surface area contributed by atoms with Crippen LogP contribution in [0.5, 0.6) is 0 Å². The summed E-state index contributed by atoms with van der Waals surface area (Å²) >= 11 is 0. The molecule has 1 aromatic carbocycles. The quantitative estimate of drug-likeness (QED) is 0.832. The first kappa shape index (κ1) is 11.3. The minimum Gasteiger partial charge on any atom is -0.369 e. The lowest BCUT2D eigenvalue weighted by Crippen LogP contribution is -2.43. The average Bonchev–Trinajstić information content (AvgIpc) is 2.29. The first-order chi connectivity index (χ1) is 7.66. The smallest absolute Gasteiger partial charge is 0.263 e. The second kappa shape index (κ2) is 4.78. The molecular formula is C12H16F2N2. The van der Waals surface area contributed by atoms with Gasteiger partial charge in [-0.05, 0) is 24.6 Å². The van der Waals surface area contributed by atoms with Crippen molar-refractivity contribution in [2.24, 2.45) is 0 Å². The molecule has 0 bridgehead atoms. The summed E-state index contributed by atoms with van der Waals surface area (Å²) in [5, 5.41) is 3.25. The third-order valence-corrected chi connectivity index (χ3v) is 2.82. The minimum atomic E-state index is -2.39. The van der Waals surface area contributed by atoms with Crippen LogP contribution in [0, 0.1) is 6.92 Å². The topological polar surface area (TPSA) is 15.3 Å². The maximum Gasteiger partial charge on any atom is 0.263 e. The fraction of sp³-hybridized carbons (Fsp3) is 0.500. The van der Waals surface area contributed by atoms with Gasteiger partial charge in [0.25, 0.3) is 6.43 Å². The summed E-state index contributed by atoms with van der Waals surface area (Å²) in [5.41, 5.74) is 1.93. The predicted molar refractivity (Wildman–Crippen MR) is 61.2 cm³/mol. The van der Waals surface area contributed by atoms with Crippen molar-refractivity contribution in [3.63, 3.8) is 0 Å². The number of nitrogens with zero attached hydrogens (tertiary/aromatic N) is 1. The van der Waals surface area contributed by atoms with E-state index >= 15 is 0 Å². The highest BCUT2D eigenvalue weighted by Crippen LogP contribution is 2.26. The zero-order valence-corrected chi connectivity index (χ0v) is 9.34.